The van der Waals surface area contributed by atoms with Crippen molar-refractivity contribution in [3.8, 4) is 5.75 Å². The molecule has 6 nitrogen and oxygen atoms in total. The molecule has 0 radical (unpaired) electrons. The number of amides is 1. The first-order valence-electron chi connectivity index (χ1n) is 6.86. The predicted octanol–water partition coefficient (Wildman–Crippen LogP) is 0.900. The minimum Gasteiger partial charge on any atom is -0.508 e. The van der Waals surface area contributed by atoms with Gasteiger partial charge in [0.15, 0.2) is 6.10 Å². The van der Waals surface area contributed by atoms with Crippen molar-refractivity contribution in [1.82, 2.24) is 4.90 Å². The normalized spacial score (nSPS) is 21.0. The molecule has 22 heavy (non-hydrogen) atoms. The van der Waals surface area contributed by atoms with Gasteiger partial charge in [0.2, 0.25) is 0 Å². The van der Waals surface area contributed by atoms with Crippen LogP contribution in [0.4, 0.5) is 0 Å². The lowest BCUT2D eigenvalue weighted by molar-refractivity contribution is -0.141. The molecule has 1 aromatic carbocycles. The van der Waals surface area contributed by atoms with E-state index in [0.717, 1.165) is 0 Å². The van der Waals surface area contributed by atoms with Crippen molar-refractivity contribution in [3.05, 3.63) is 27.7 Å². The van der Waals surface area contributed by atoms with Crippen molar-refractivity contribution in [1.29, 1.82) is 0 Å². The van der Waals surface area contributed by atoms with Crippen LogP contribution in [-0.2, 0) is 4.79 Å². The Hall–Kier alpha value is -1.05. The van der Waals surface area contributed by atoms with E-state index in [1.807, 2.05) is 0 Å². The zero-order chi connectivity index (χ0) is 16.4. The molecule has 1 fully saturated rings. The maximum absolute atomic E-state index is 11.8. The molecule has 1 aromatic rings. The first-order chi connectivity index (χ1) is 10.3. The SMILES string of the molecule is NC(c1cc(Cl)c(Cl)cc1O)[C@H]1CCN(C(=O)[C@H](O)CO)C1. The van der Waals surface area contributed by atoms with Gasteiger partial charge < -0.3 is 26.0 Å². The van der Waals surface area contributed by atoms with Crippen molar-refractivity contribution in [2.24, 2.45) is 11.7 Å². The van der Waals surface area contributed by atoms with Crippen LogP contribution in [0.15, 0.2) is 12.1 Å². The second kappa shape index (κ2) is 7.02. The van der Waals surface area contributed by atoms with Crippen molar-refractivity contribution in [2.45, 2.75) is 18.6 Å². The van der Waals surface area contributed by atoms with Crippen LogP contribution >= 0.6 is 23.2 Å². The summed E-state index contributed by atoms with van der Waals surface area (Å²) in [6.07, 6.45) is -0.779. The zero-order valence-electron chi connectivity index (χ0n) is 11.7. The fraction of sp³-hybridized carbons (Fsp3) is 0.500. The van der Waals surface area contributed by atoms with Crippen LogP contribution in [-0.4, -0.2) is 51.9 Å². The van der Waals surface area contributed by atoms with Gasteiger partial charge in [-0.15, -0.1) is 0 Å². The summed E-state index contributed by atoms with van der Waals surface area (Å²) in [4.78, 5) is 13.3. The number of hydrogen-bond acceptors (Lipinski definition) is 5. The number of rotatable bonds is 4. The highest BCUT2D eigenvalue weighted by atomic mass is 35.5. The average molecular weight is 349 g/mol. The fourth-order valence-electron chi connectivity index (χ4n) is 2.64. The van der Waals surface area contributed by atoms with Gasteiger partial charge in [0.25, 0.3) is 5.91 Å². The van der Waals surface area contributed by atoms with E-state index in [2.05, 4.69) is 0 Å². The minimum absolute atomic E-state index is 0.0398. The predicted molar refractivity (Wildman–Crippen MR) is 82.8 cm³/mol. The molecule has 1 unspecified atom stereocenters. The van der Waals surface area contributed by atoms with Gasteiger partial charge >= 0.3 is 0 Å². The Morgan fingerprint density at radius 1 is 1.41 bits per heavy atom. The molecule has 1 aliphatic rings. The Balaban J connectivity index is 2.11. The lowest BCUT2D eigenvalue weighted by atomic mass is 9.92. The third-order valence-corrected chi connectivity index (χ3v) is 4.65. The van der Waals surface area contributed by atoms with Crippen LogP contribution in [0.3, 0.4) is 0 Å². The number of likely N-dealkylation sites (tertiary alicyclic amines) is 1. The van der Waals surface area contributed by atoms with Gasteiger partial charge in [-0.1, -0.05) is 23.2 Å². The number of phenolic OH excluding ortho intramolecular Hbond substituents is 1. The molecule has 122 valence electrons. The third-order valence-electron chi connectivity index (χ3n) is 3.93. The molecule has 8 heteroatoms. The summed E-state index contributed by atoms with van der Waals surface area (Å²) < 4.78 is 0. The Morgan fingerprint density at radius 3 is 2.68 bits per heavy atom. The molecular formula is C14H18Cl2N2O4. The van der Waals surface area contributed by atoms with E-state index in [0.29, 0.717) is 30.1 Å². The minimum atomic E-state index is -1.41. The summed E-state index contributed by atoms with van der Waals surface area (Å²) in [7, 11) is 0. The molecule has 1 saturated heterocycles. The van der Waals surface area contributed by atoms with E-state index in [1.54, 1.807) is 0 Å². The van der Waals surface area contributed by atoms with E-state index in [9.17, 15) is 15.0 Å². The van der Waals surface area contributed by atoms with Gasteiger partial charge in [-0.25, -0.2) is 0 Å². The summed E-state index contributed by atoms with van der Waals surface area (Å²) >= 11 is 11.8. The second-order valence-electron chi connectivity index (χ2n) is 5.38. The highest BCUT2D eigenvalue weighted by Crippen LogP contribution is 2.37. The summed E-state index contributed by atoms with van der Waals surface area (Å²) in [5, 5.41) is 28.7. The molecule has 0 spiro atoms. The molecule has 5 N–H and O–H groups in total. The monoisotopic (exact) mass is 348 g/mol. The lowest BCUT2D eigenvalue weighted by Crippen LogP contribution is -2.40. The summed E-state index contributed by atoms with van der Waals surface area (Å²) in [6.45, 7) is 0.173. The third kappa shape index (κ3) is 3.47. The van der Waals surface area contributed by atoms with E-state index >= 15 is 0 Å². The Labute approximate surface area is 138 Å². The van der Waals surface area contributed by atoms with Gasteiger partial charge in [0.1, 0.15) is 5.75 Å². The number of aliphatic hydroxyl groups is 2. The van der Waals surface area contributed by atoms with Crippen LogP contribution in [0.25, 0.3) is 0 Å². The van der Waals surface area contributed by atoms with E-state index in [-0.39, 0.29) is 16.7 Å². The number of benzene rings is 1. The summed E-state index contributed by atoms with van der Waals surface area (Å²) in [5.74, 6) is -0.643. The van der Waals surface area contributed by atoms with Gasteiger partial charge in [0, 0.05) is 30.8 Å². The average Bonchev–Trinajstić information content (AvgIpc) is 2.98. The van der Waals surface area contributed by atoms with Crippen molar-refractivity contribution < 1.29 is 20.1 Å². The molecule has 1 aliphatic heterocycles. The van der Waals surface area contributed by atoms with Gasteiger partial charge in [0.05, 0.1) is 16.7 Å². The second-order valence-corrected chi connectivity index (χ2v) is 6.20. The van der Waals surface area contributed by atoms with Gasteiger partial charge in [-0.2, -0.15) is 0 Å². The first-order valence-corrected chi connectivity index (χ1v) is 7.62. The van der Waals surface area contributed by atoms with E-state index in [1.165, 1.54) is 17.0 Å². The maximum Gasteiger partial charge on any atom is 0.253 e. The van der Waals surface area contributed by atoms with Crippen molar-refractivity contribution in [2.75, 3.05) is 19.7 Å². The molecule has 0 aliphatic carbocycles. The van der Waals surface area contributed by atoms with Crippen LogP contribution in [0.2, 0.25) is 10.0 Å². The number of aliphatic hydroxyl groups excluding tert-OH is 2. The smallest absolute Gasteiger partial charge is 0.253 e. The largest absolute Gasteiger partial charge is 0.508 e. The molecular weight excluding hydrogens is 331 g/mol. The van der Waals surface area contributed by atoms with Crippen LogP contribution in [0.5, 0.6) is 5.75 Å². The van der Waals surface area contributed by atoms with Gasteiger partial charge in [-0.05, 0) is 18.4 Å². The van der Waals surface area contributed by atoms with Crippen LogP contribution < -0.4 is 5.73 Å². The number of halogens is 2. The standard InChI is InChI=1S/C14H18Cl2N2O4/c15-9-3-8(11(20)4-10(9)16)13(17)7-1-2-18(5-7)14(22)12(21)6-19/h3-4,7,12-13,19-21H,1-2,5-6,17H2/t7-,12+,13?/m0/s1. The molecule has 0 aromatic heterocycles. The number of hydrogen-bond donors (Lipinski definition) is 4. The number of carbonyl (C=O) groups is 1. The summed E-state index contributed by atoms with van der Waals surface area (Å²) in [5.41, 5.74) is 6.65. The topological polar surface area (TPSA) is 107 Å². The van der Waals surface area contributed by atoms with Crippen LogP contribution in [0.1, 0.15) is 18.0 Å². The number of phenols is 1. The highest BCUT2D eigenvalue weighted by molar-refractivity contribution is 6.42. The molecule has 1 heterocycles. The Kier molecular flexibility index (Phi) is 5.52. The highest BCUT2D eigenvalue weighted by Gasteiger charge is 2.34. The molecule has 1 amide bonds. The maximum atomic E-state index is 11.8. The first kappa shape index (κ1) is 17.3. The van der Waals surface area contributed by atoms with Crippen LogP contribution in [0, 0.1) is 5.92 Å². The van der Waals surface area contributed by atoms with E-state index < -0.39 is 24.7 Å². The van der Waals surface area contributed by atoms with Crippen molar-refractivity contribution >= 4 is 29.1 Å². The molecule has 3 atom stereocenters. The van der Waals surface area contributed by atoms with Crippen molar-refractivity contribution in [3.63, 3.8) is 0 Å². The lowest BCUT2D eigenvalue weighted by Gasteiger charge is -2.23. The zero-order valence-corrected chi connectivity index (χ0v) is 13.3. The molecule has 0 bridgehead atoms. The number of carbonyl (C=O) groups excluding carboxylic acids is 1. The molecule has 2 rings (SSSR count). The Morgan fingerprint density at radius 2 is 2.05 bits per heavy atom. The quantitative estimate of drug-likeness (QED) is 0.646. The fourth-order valence-corrected chi connectivity index (χ4v) is 2.97. The number of aromatic hydroxyl groups is 1. The number of nitrogens with zero attached hydrogens (tertiary/aromatic N) is 1. The van der Waals surface area contributed by atoms with Gasteiger partial charge in [-0.3, -0.25) is 4.79 Å². The summed E-state index contributed by atoms with van der Waals surface area (Å²) in [6, 6.07) is 2.35. The Bertz CT molecular complexity index is 570. The van der Waals surface area contributed by atoms with E-state index in [4.69, 9.17) is 34.0 Å². The molecule has 0 saturated carbocycles. The number of nitrogens with two attached hydrogens (primary N) is 1.